The monoisotopic (exact) mass is 204 g/mol. The molecule has 2 atom stereocenters. The SMILES string of the molecule is CC(CN)NC(c1ccccc1)C1CC1. The van der Waals surface area contributed by atoms with Crippen molar-refractivity contribution in [3.63, 3.8) is 0 Å². The first-order chi connectivity index (χ1) is 7.31. The van der Waals surface area contributed by atoms with Crippen LogP contribution in [0.2, 0.25) is 0 Å². The maximum absolute atomic E-state index is 5.66. The smallest absolute Gasteiger partial charge is 0.0351 e. The molecule has 15 heavy (non-hydrogen) atoms. The summed E-state index contributed by atoms with van der Waals surface area (Å²) in [5, 5.41) is 3.62. The summed E-state index contributed by atoms with van der Waals surface area (Å²) < 4.78 is 0. The van der Waals surface area contributed by atoms with Gasteiger partial charge in [-0.25, -0.2) is 0 Å². The highest BCUT2D eigenvalue weighted by Gasteiger charge is 2.32. The second kappa shape index (κ2) is 4.77. The van der Waals surface area contributed by atoms with Crippen LogP contribution in [-0.2, 0) is 0 Å². The molecule has 1 aliphatic carbocycles. The molecule has 1 fully saturated rings. The summed E-state index contributed by atoms with van der Waals surface area (Å²) in [5.74, 6) is 0.821. The van der Waals surface area contributed by atoms with Gasteiger partial charge in [0.15, 0.2) is 0 Å². The molecule has 2 unspecified atom stereocenters. The minimum Gasteiger partial charge on any atom is -0.329 e. The van der Waals surface area contributed by atoms with Gasteiger partial charge in [0.1, 0.15) is 0 Å². The Bertz CT molecular complexity index is 293. The van der Waals surface area contributed by atoms with Crippen molar-refractivity contribution in [3.05, 3.63) is 35.9 Å². The number of hydrogen-bond acceptors (Lipinski definition) is 2. The van der Waals surface area contributed by atoms with Crippen LogP contribution in [0.4, 0.5) is 0 Å². The van der Waals surface area contributed by atoms with Gasteiger partial charge in [-0.3, -0.25) is 0 Å². The fraction of sp³-hybridized carbons (Fsp3) is 0.538. The van der Waals surface area contributed by atoms with Crippen LogP contribution in [0.3, 0.4) is 0 Å². The molecule has 0 spiro atoms. The van der Waals surface area contributed by atoms with Gasteiger partial charge in [-0.1, -0.05) is 30.3 Å². The van der Waals surface area contributed by atoms with Crippen molar-refractivity contribution in [1.82, 2.24) is 5.32 Å². The largest absolute Gasteiger partial charge is 0.329 e. The minimum absolute atomic E-state index is 0.399. The van der Waals surface area contributed by atoms with Crippen LogP contribution in [0, 0.1) is 5.92 Å². The molecule has 0 bridgehead atoms. The predicted molar refractivity (Wildman–Crippen MR) is 63.6 cm³/mol. The molecule has 3 N–H and O–H groups in total. The standard InChI is InChI=1S/C13H20N2/c1-10(9-14)15-13(12-7-8-12)11-5-3-2-4-6-11/h2-6,10,12-13,15H,7-9,14H2,1H3. The zero-order valence-corrected chi connectivity index (χ0v) is 9.32. The molecule has 1 aliphatic rings. The second-order valence-corrected chi connectivity index (χ2v) is 4.53. The highest BCUT2D eigenvalue weighted by molar-refractivity contribution is 5.21. The highest BCUT2D eigenvalue weighted by Crippen LogP contribution is 2.41. The highest BCUT2D eigenvalue weighted by atomic mass is 15.0. The van der Waals surface area contributed by atoms with Gasteiger partial charge >= 0.3 is 0 Å². The minimum atomic E-state index is 0.399. The Morgan fingerprint density at radius 2 is 2.00 bits per heavy atom. The van der Waals surface area contributed by atoms with E-state index in [0.717, 1.165) is 5.92 Å². The Labute approximate surface area is 91.9 Å². The lowest BCUT2D eigenvalue weighted by molar-refractivity contribution is 0.423. The van der Waals surface area contributed by atoms with Gasteiger partial charge in [-0.05, 0) is 31.2 Å². The Hall–Kier alpha value is -0.860. The first-order valence-electron chi connectivity index (χ1n) is 5.82. The van der Waals surface area contributed by atoms with Crippen molar-refractivity contribution in [3.8, 4) is 0 Å². The third kappa shape index (κ3) is 2.80. The van der Waals surface area contributed by atoms with Crippen LogP contribution in [0.25, 0.3) is 0 Å². The van der Waals surface area contributed by atoms with Crippen LogP contribution in [-0.4, -0.2) is 12.6 Å². The molecule has 0 saturated heterocycles. The van der Waals surface area contributed by atoms with Crippen LogP contribution in [0.1, 0.15) is 31.4 Å². The summed E-state index contributed by atoms with van der Waals surface area (Å²) in [6.07, 6.45) is 2.70. The van der Waals surface area contributed by atoms with Crippen LogP contribution >= 0.6 is 0 Å². The van der Waals surface area contributed by atoms with E-state index in [-0.39, 0.29) is 0 Å². The van der Waals surface area contributed by atoms with Crippen molar-refractivity contribution in [2.24, 2.45) is 11.7 Å². The molecule has 0 aliphatic heterocycles. The van der Waals surface area contributed by atoms with Crippen molar-refractivity contribution in [2.75, 3.05) is 6.54 Å². The van der Waals surface area contributed by atoms with E-state index in [1.54, 1.807) is 0 Å². The molecular formula is C13H20N2. The first-order valence-corrected chi connectivity index (χ1v) is 5.82. The number of nitrogens with two attached hydrogens (primary N) is 1. The first kappa shape index (κ1) is 10.7. The maximum Gasteiger partial charge on any atom is 0.0351 e. The Balaban J connectivity index is 2.06. The molecule has 1 saturated carbocycles. The summed E-state index contributed by atoms with van der Waals surface area (Å²) in [6.45, 7) is 2.86. The summed E-state index contributed by atoms with van der Waals surface area (Å²) >= 11 is 0. The number of benzene rings is 1. The van der Waals surface area contributed by atoms with E-state index in [9.17, 15) is 0 Å². The fourth-order valence-corrected chi connectivity index (χ4v) is 1.97. The van der Waals surface area contributed by atoms with Gasteiger partial charge in [0.2, 0.25) is 0 Å². The van der Waals surface area contributed by atoms with E-state index in [2.05, 4.69) is 42.6 Å². The summed E-state index contributed by atoms with van der Waals surface area (Å²) in [6, 6.07) is 11.6. The van der Waals surface area contributed by atoms with Crippen molar-refractivity contribution in [2.45, 2.75) is 31.8 Å². The van der Waals surface area contributed by atoms with E-state index in [0.29, 0.717) is 18.6 Å². The quantitative estimate of drug-likeness (QED) is 0.770. The molecule has 1 aromatic carbocycles. The lowest BCUT2D eigenvalue weighted by atomic mass is 10.0. The lowest BCUT2D eigenvalue weighted by Gasteiger charge is -2.22. The molecule has 0 aromatic heterocycles. The molecule has 0 heterocycles. The molecule has 1 aromatic rings. The third-order valence-corrected chi connectivity index (χ3v) is 3.07. The number of rotatable bonds is 5. The average Bonchev–Trinajstić information content (AvgIpc) is 3.10. The van der Waals surface area contributed by atoms with Gasteiger partial charge in [-0.15, -0.1) is 0 Å². The van der Waals surface area contributed by atoms with E-state index >= 15 is 0 Å². The average molecular weight is 204 g/mol. The molecule has 0 radical (unpaired) electrons. The van der Waals surface area contributed by atoms with Gasteiger partial charge in [0, 0.05) is 18.6 Å². The van der Waals surface area contributed by atoms with E-state index in [4.69, 9.17) is 5.73 Å². The maximum atomic E-state index is 5.66. The molecule has 2 heteroatoms. The molecule has 0 amide bonds. The van der Waals surface area contributed by atoms with Crippen LogP contribution < -0.4 is 11.1 Å². The summed E-state index contributed by atoms with van der Waals surface area (Å²) in [7, 11) is 0. The zero-order valence-electron chi connectivity index (χ0n) is 9.32. The second-order valence-electron chi connectivity index (χ2n) is 4.53. The molecular weight excluding hydrogens is 184 g/mol. The van der Waals surface area contributed by atoms with E-state index < -0.39 is 0 Å². The normalized spacial score (nSPS) is 19.9. The summed E-state index contributed by atoms with van der Waals surface area (Å²) in [4.78, 5) is 0. The molecule has 2 rings (SSSR count). The van der Waals surface area contributed by atoms with Crippen molar-refractivity contribution >= 4 is 0 Å². The third-order valence-electron chi connectivity index (χ3n) is 3.07. The number of nitrogens with one attached hydrogen (secondary N) is 1. The zero-order chi connectivity index (χ0) is 10.7. The van der Waals surface area contributed by atoms with E-state index in [1.807, 2.05) is 0 Å². The van der Waals surface area contributed by atoms with Gasteiger partial charge in [0.05, 0.1) is 0 Å². The topological polar surface area (TPSA) is 38.0 Å². The van der Waals surface area contributed by atoms with Crippen molar-refractivity contribution in [1.29, 1.82) is 0 Å². The molecule has 82 valence electrons. The Kier molecular flexibility index (Phi) is 3.39. The van der Waals surface area contributed by atoms with Gasteiger partial charge in [0.25, 0.3) is 0 Å². The fourth-order valence-electron chi connectivity index (χ4n) is 1.97. The lowest BCUT2D eigenvalue weighted by Crippen LogP contribution is -2.37. The van der Waals surface area contributed by atoms with Gasteiger partial charge in [-0.2, -0.15) is 0 Å². The summed E-state index contributed by atoms with van der Waals surface area (Å²) in [5.41, 5.74) is 7.06. The molecule has 2 nitrogen and oxygen atoms in total. The predicted octanol–water partition coefficient (Wildman–Crippen LogP) is 2.07. The van der Waals surface area contributed by atoms with Crippen LogP contribution in [0.15, 0.2) is 30.3 Å². The van der Waals surface area contributed by atoms with E-state index in [1.165, 1.54) is 18.4 Å². The van der Waals surface area contributed by atoms with Crippen molar-refractivity contribution < 1.29 is 0 Å². The van der Waals surface area contributed by atoms with Gasteiger partial charge < -0.3 is 11.1 Å². The van der Waals surface area contributed by atoms with Crippen LogP contribution in [0.5, 0.6) is 0 Å². The Morgan fingerprint density at radius 1 is 1.33 bits per heavy atom. The Morgan fingerprint density at radius 3 is 2.53 bits per heavy atom. The number of hydrogen-bond donors (Lipinski definition) is 2.